The summed E-state index contributed by atoms with van der Waals surface area (Å²) in [6.45, 7) is 0.521. The summed E-state index contributed by atoms with van der Waals surface area (Å²) in [5, 5.41) is 5.11. The lowest BCUT2D eigenvalue weighted by atomic mass is 9.83. The third-order valence-corrected chi connectivity index (χ3v) is 6.17. The molecule has 0 spiro atoms. The first-order valence-corrected chi connectivity index (χ1v) is 9.94. The highest BCUT2D eigenvalue weighted by atomic mass is 35.5. The van der Waals surface area contributed by atoms with Gasteiger partial charge in [-0.25, -0.2) is 9.97 Å². The van der Waals surface area contributed by atoms with Crippen molar-refractivity contribution >= 4 is 45.7 Å². The SMILES string of the molecule is COCC1(OC)CCc2[nH]c3ncnc(Nc4cc(Cl)c(Cl)cc4OC)c3c2C1. The van der Waals surface area contributed by atoms with Gasteiger partial charge in [0.15, 0.2) is 0 Å². The summed E-state index contributed by atoms with van der Waals surface area (Å²) < 4.78 is 16.7. The lowest BCUT2D eigenvalue weighted by molar-refractivity contribution is -0.0721. The van der Waals surface area contributed by atoms with Gasteiger partial charge in [0.05, 0.1) is 40.4 Å². The highest BCUT2D eigenvalue weighted by molar-refractivity contribution is 6.42. The number of hydrogen-bond acceptors (Lipinski definition) is 6. The summed E-state index contributed by atoms with van der Waals surface area (Å²) in [7, 11) is 5.00. The zero-order valence-electron chi connectivity index (χ0n) is 16.4. The summed E-state index contributed by atoms with van der Waals surface area (Å²) >= 11 is 12.3. The topological polar surface area (TPSA) is 81.3 Å². The van der Waals surface area contributed by atoms with Crippen LogP contribution in [0.4, 0.5) is 11.5 Å². The summed E-state index contributed by atoms with van der Waals surface area (Å²) in [4.78, 5) is 12.3. The first-order chi connectivity index (χ1) is 14.0. The van der Waals surface area contributed by atoms with Gasteiger partial charge in [0.2, 0.25) is 0 Å². The number of halogens is 2. The molecule has 1 atom stereocenters. The van der Waals surface area contributed by atoms with Crippen molar-refractivity contribution in [3.63, 3.8) is 0 Å². The number of aromatic nitrogens is 3. The maximum Gasteiger partial charge on any atom is 0.143 e. The van der Waals surface area contributed by atoms with Gasteiger partial charge in [0.1, 0.15) is 23.5 Å². The van der Waals surface area contributed by atoms with Gasteiger partial charge in [-0.3, -0.25) is 0 Å². The van der Waals surface area contributed by atoms with Crippen LogP contribution in [0.5, 0.6) is 5.75 Å². The molecule has 0 radical (unpaired) electrons. The van der Waals surface area contributed by atoms with E-state index < -0.39 is 0 Å². The molecule has 1 aliphatic rings. The average Bonchev–Trinajstić information content (AvgIpc) is 3.09. The van der Waals surface area contributed by atoms with E-state index in [1.807, 2.05) is 0 Å². The monoisotopic (exact) mass is 436 g/mol. The number of ether oxygens (including phenoxy) is 3. The largest absolute Gasteiger partial charge is 0.495 e. The van der Waals surface area contributed by atoms with Crippen LogP contribution in [-0.4, -0.2) is 48.5 Å². The minimum Gasteiger partial charge on any atom is -0.495 e. The minimum atomic E-state index is -0.370. The normalized spacial score (nSPS) is 18.7. The van der Waals surface area contributed by atoms with Crippen LogP contribution in [0.3, 0.4) is 0 Å². The van der Waals surface area contributed by atoms with Crippen LogP contribution in [0, 0.1) is 0 Å². The van der Waals surface area contributed by atoms with Crippen LogP contribution in [-0.2, 0) is 22.3 Å². The number of rotatable bonds is 6. The Bertz CT molecular complexity index is 1060. The second-order valence-electron chi connectivity index (χ2n) is 7.12. The average molecular weight is 437 g/mol. The third-order valence-electron chi connectivity index (χ3n) is 5.45. The van der Waals surface area contributed by atoms with Crippen molar-refractivity contribution in [1.29, 1.82) is 0 Å². The van der Waals surface area contributed by atoms with Gasteiger partial charge in [0.25, 0.3) is 0 Å². The van der Waals surface area contributed by atoms with Gasteiger partial charge in [-0.15, -0.1) is 0 Å². The number of fused-ring (bicyclic) bond motifs is 3. The fourth-order valence-electron chi connectivity index (χ4n) is 3.94. The fourth-order valence-corrected chi connectivity index (χ4v) is 4.26. The Morgan fingerprint density at radius 1 is 1.17 bits per heavy atom. The molecule has 2 heterocycles. The molecule has 1 unspecified atom stereocenters. The molecule has 9 heteroatoms. The second kappa shape index (κ2) is 7.99. The van der Waals surface area contributed by atoms with Gasteiger partial charge in [-0.2, -0.15) is 0 Å². The standard InChI is InChI=1S/C20H22Cl2N4O3/c1-27-9-20(29-3)5-4-14-11(8-20)17-18(25-14)23-10-24-19(17)26-15-6-12(21)13(22)7-16(15)28-2/h6-7,10H,4-5,8-9H2,1-3H3,(H2,23,24,25,26). The molecule has 1 aromatic carbocycles. The number of aromatic amines is 1. The van der Waals surface area contributed by atoms with Gasteiger partial charge in [-0.1, -0.05) is 23.2 Å². The molecule has 0 bridgehead atoms. The number of benzene rings is 1. The molecule has 1 aliphatic carbocycles. The molecule has 29 heavy (non-hydrogen) atoms. The summed E-state index contributed by atoms with van der Waals surface area (Å²) in [5.41, 5.74) is 3.35. The van der Waals surface area contributed by atoms with E-state index in [0.29, 0.717) is 40.3 Å². The van der Waals surface area contributed by atoms with Crippen LogP contribution in [0.15, 0.2) is 18.5 Å². The van der Waals surface area contributed by atoms with Gasteiger partial charge < -0.3 is 24.5 Å². The quantitative estimate of drug-likeness (QED) is 0.590. The number of aryl methyl sites for hydroxylation is 1. The van der Waals surface area contributed by atoms with E-state index in [9.17, 15) is 0 Å². The van der Waals surface area contributed by atoms with Gasteiger partial charge in [-0.05, 0) is 24.5 Å². The zero-order chi connectivity index (χ0) is 20.6. The van der Waals surface area contributed by atoms with Crippen molar-refractivity contribution in [2.24, 2.45) is 0 Å². The Morgan fingerprint density at radius 2 is 1.97 bits per heavy atom. The van der Waals surface area contributed by atoms with Crippen molar-refractivity contribution < 1.29 is 14.2 Å². The van der Waals surface area contributed by atoms with Crippen molar-refractivity contribution in [3.8, 4) is 5.75 Å². The molecular formula is C20H22Cl2N4O3. The van der Waals surface area contributed by atoms with E-state index in [0.717, 1.165) is 35.1 Å². The molecule has 3 aromatic rings. The highest BCUT2D eigenvalue weighted by Gasteiger charge is 2.37. The molecule has 2 N–H and O–H groups in total. The molecular weight excluding hydrogens is 415 g/mol. The highest BCUT2D eigenvalue weighted by Crippen LogP contribution is 2.40. The number of H-pyrrole nitrogens is 1. The first kappa shape index (κ1) is 20.2. The molecule has 4 rings (SSSR count). The number of methoxy groups -OCH3 is 3. The van der Waals surface area contributed by atoms with Gasteiger partial charge >= 0.3 is 0 Å². The van der Waals surface area contributed by atoms with E-state index in [1.165, 1.54) is 6.33 Å². The summed E-state index contributed by atoms with van der Waals surface area (Å²) in [6, 6.07) is 3.39. The third kappa shape index (κ3) is 3.64. The Balaban J connectivity index is 1.80. The Hall–Kier alpha value is -2.06. The van der Waals surface area contributed by atoms with E-state index in [-0.39, 0.29) is 5.60 Å². The van der Waals surface area contributed by atoms with E-state index >= 15 is 0 Å². The van der Waals surface area contributed by atoms with Crippen LogP contribution in [0.1, 0.15) is 17.7 Å². The molecule has 154 valence electrons. The Kier molecular flexibility index (Phi) is 5.57. The molecule has 0 fully saturated rings. The fraction of sp³-hybridized carbons (Fsp3) is 0.400. The summed E-state index contributed by atoms with van der Waals surface area (Å²) in [6.07, 6.45) is 3.94. The molecule has 0 amide bonds. The number of anilines is 2. The maximum atomic E-state index is 6.22. The van der Waals surface area contributed by atoms with Crippen molar-refractivity contribution in [2.75, 3.05) is 33.3 Å². The van der Waals surface area contributed by atoms with Crippen molar-refractivity contribution in [1.82, 2.24) is 15.0 Å². The molecule has 0 saturated carbocycles. The smallest absolute Gasteiger partial charge is 0.143 e. The van der Waals surface area contributed by atoms with Crippen LogP contribution < -0.4 is 10.1 Å². The molecule has 7 nitrogen and oxygen atoms in total. The Morgan fingerprint density at radius 3 is 2.69 bits per heavy atom. The summed E-state index contributed by atoms with van der Waals surface area (Å²) in [5.74, 6) is 1.23. The lowest BCUT2D eigenvalue weighted by Gasteiger charge is -2.35. The number of hydrogen-bond donors (Lipinski definition) is 2. The van der Waals surface area contributed by atoms with Gasteiger partial charge in [0, 0.05) is 32.4 Å². The van der Waals surface area contributed by atoms with Crippen molar-refractivity contribution in [2.45, 2.75) is 24.9 Å². The minimum absolute atomic E-state index is 0.370. The predicted octanol–water partition coefficient (Wildman–Crippen LogP) is 4.54. The van der Waals surface area contributed by atoms with E-state index in [4.69, 9.17) is 37.4 Å². The molecule has 2 aromatic heterocycles. The first-order valence-electron chi connectivity index (χ1n) is 9.19. The second-order valence-corrected chi connectivity index (χ2v) is 7.93. The van der Waals surface area contributed by atoms with Crippen LogP contribution >= 0.6 is 23.2 Å². The predicted molar refractivity (Wildman–Crippen MR) is 114 cm³/mol. The number of nitrogens with one attached hydrogen (secondary N) is 2. The van der Waals surface area contributed by atoms with Crippen molar-refractivity contribution in [3.05, 3.63) is 39.8 Å². The van der Waals surface area contributed by atoms with Crippen LogP contribution in [0.2, 0.25) is 10.0 Å². The molecule has 0 aliphatic heterocycles. The molecule has 0 saturated heterocycles. The Labute approximate surface area is 178 Å². The van der Waals surface area contributed by atoms with E-state index in [2.05, 4.69) is 20.3 Å². The number of nitrogens with zero attached hydrogens (tertiary/aromatic N) is 2. The maximum absolute atomic E-state index is 6.22. The van der Waals surface area contributed by atoms with Crippen LogP contribution in [0.25, 0.3) is 11.0 Å². The van der Waals surface area contributed by atoms with E-state index in [1.54, 1.807) is 33.5 Å². The lowest BCUT2D eigenvalue weighted by Crippen LogP contribution is -2.42. The zero-order valence-corrected chi connectivity index (χ0v) is 17.9.